The quantitative estimate of drug-likeness (QED) is 0.415. The molecule has 0 radical (unpaired) electrons. The van der Waals surface area contributed by atoms with Crippen LogP contribution in [0.2, 0.25) is 0 Å². The predicted octanol–water partition coefficient (Wildman–Crippen LogP) is 4.99. The molecular weight excluding hydrogens is 312 g/mol. The average molecular weight is 329 g/mol. The highest BCUT2D eigenvalue weighted by Crippen LogP contribution is 2.27. The highest BCUT2D eigenvalue weighted by molar-refractivity contribution is 9.10. The SMILES string of the molecule is C=CCCCCCSc1cc(Br)ccc1C(=O)O. The molecule has 1 aromatic carbocycles. The number of benzene rings is 1. The van der Waals surface area contributed by atoms with Gasteiger partial charge in [0.25, 0.3) is 0 Å². The van der Waals surface area contributed by atoms with Crippen molar-refractivity contribution < 1.29 is 9.90 Å². The molecule has 98 valence electrons. The van der Waals surface area contributed by atoms with Crippen LogP contribution in [0, 0.1) is 0 Å². The van der Waals surface area contributed by atoms with Gasteiger partial charge in [0.1, 0.15) is 0 Å². The number of thioether (sulfide) groups is 1. The number of carbonyl (C=O) groups is 1. The Kier molecular flexibility index (Phi) is 7.13. The second-order valence-electron chi connectivity index (χ2n) is 3.93. The van der Waals surface area contributed by atoms with E-state index < -0.39 is 5.97 Å². The average Bonchev–Trinajstić information content (AvgIpc) is 2.33. The molecule has 0 heterocycles. The minimum Gasteiger partial charge on any atom is -0.478 e. The smallest absolute Gasteiger partial charge is 0.336 e. The Balaban J connectivity index is 2.47. The maximum atomic E-state index is 11.1. The van der Waals surface area contributed by atoms with Gasteiger partial charge in [-0.2, -0.15) is 0 Å². The largest absolute Gasteiger partial charge is 0.478 e. The van der Waals surface area contributed by atoms with Crippen molar-refractivity contribution in [3.8, 4) is 0 Å². The number of halogens is 1. The first-order chi connectivity index (χ1) is 8.65. The number of carboxylic acids is 1. The van der Waals surface area contributed by atoms with Crippen molar-refractivity contribution in [1.82, 2.24) is 0 Å². The summed E-state index contributed by atoms with van der Waals surface area (Å²) in [6.45, 7) is 3.69. The van der Waals surface area contributed by atoms with E-state index in [1.807, 2.05) is 12.1 Å². The van der Waals surface area contributed by atoms with Gasteiger partial charge in [0.05, 0.1) is 5.56 Å². The molecule has 0 aromatic heterocycles. The zero-order chi connectivity index (χ0) is 13.4. The molecule has 2 nitrogen and oxygen atoms in total. The Morgan fingerprint density at radius 3 is 2.83 bits per heavy atom. The molecule has 0 amide bonds. The molecule has 0 saturated carbocycles. The summed E-state index contributed by atoms with van der Waals surface area (Å²) >= 11 is 4.98. The minimum atomic E-state index is -0.864. The van der Waals surface area contributed by atoms with Crippen LogP contribution in [0.1, 0.15) is 36.0 Å². The first-order valence-corrected chi connectivity index (χ1v) is 7.69. The monoisotopic (exact) mass is 328 g/mol. The van der Waals surface area contributed by atoms with E-state index in [4.69, 9.17) is 5.11 Å². The fourth-order valence-corrected chi connectivity index (χ4v) is 3.14. The second kappa shape index (κ2) is 8.38. The first kappa shape index (κ1) is 15.3. The maximum absolute atomic E-state index is 11.1. The summed E-state index contributed by atoms with van der Waals surface area (Å²) in [6.07, 6.45) is 6.42. The van der Waals surface area contributed by atoms with Crippen molar-refractivity contribution in [2.75, 3.05) is 5.75 Å². The summed E-state index contributed by atoms with van der Waals surface area (Å²) < 4.78 is 0.918. The van der Waals surface area contributed by atoms with E-state index in [2.05, 4.69) is 22.5 Å². The van der Waals surface area contributed by atoms with Crippen LogP contribution >= 0.6 is 27.7 Å². The molecule has 0 unspecified atom stereocenters. The number of carboxylic acid groups (broad SMARTS) is 1. The molecule has 0 saturated heterocycles. The molecule has 1 rings (SSSR count). The van der Waals surface area contributed by atoms with Gasteiger partial charge in [0.2, 0.25) is 0 Å². The van der Waals surface area contributed by atoms with Gasteiger partial charge in [-0.25, -0.2) is 4.79 Å². The number of hydrogen-bond acceptors (Lipinski definition) is 2. The van der Waals surface area contributed by atoms with Gasteiger partial charge < -0.3 is 5.11 Å². The van der Waals surface area contributed by atoms with Crippen LogP contribution in [0.3, 0.4) is 0 Å². The molecule has 0 aliphatic heterocycles. The summed E-state index contributed by atoms with van der Waals surface area (Å²) in [7, 11) is 0. The second-order valence-corrected chi connectivity index (χ2v) is 5.98. The van der Waals surface area contributed by atoms with E-state index in [0.717, 1.165) is 40.8 Å². The van der Waals surface area contributed by atoms with Crippen LogP contribution in [0.15, 0.2) is 40.2 Å². The Morgan fingerprint density at radius 2 is 2.17 bits per heavy atom. The van der Waals surface area contributed by atoms with Crippen molar-refractivity contribution >= 4 is 33.7 Å². The van der Waals surface area contributed by atoms with Crippen molar-refractivity contribution in [2.45, 2.75) is 30.6 Å². The molecule has 0 fully saturated rings. The third-order valence-electron chi connectivity index (χ3n) is 2.48. The summed E-state index contributed by atoms with van der Waals surface area (Å²) in [5.74, 6) is 0.0881. The molecule has 0 aliphatic rings. The summed E-state index contributed by atoms with van der Waals surface area (Å²) in [5, 5.41) is 9.09. The van der Waals surface area contributed by atoms with E-state index >= 15 is 0 Å². The highest BCUT2D eigenvalue weighted by atomic mass is 79.9. The molecule has 0 aliphatic carbocycles. The van der Waals surface area contributed by atoms with Gasteiger partial charge in [-0.15, -0.1) is 18.3 Å². The number of allylic oxidation sites excluding steroid dienone is 1. The lowest BCUT2D eigenvalue weighted by atomic mass is 10.2. The van der Waals surface area contributed by atoms with Gasteiger partial charge >= 0.3 is 5.97 Å². The van der Waals surface area contributed by atoms with Crippen molar-refractivity contribution in [2.24, 2.45) is 0 Å². The zero-order valence-electron chi connectivity index (χ0n) is 10.2. The molecule has 0 spiro atoms. The van der Waals surface area contributed by atoms with Crippen LogP contribution in [0.4, 0.5) is 0 Å². The molecule has 1 aromatic rings. The van der Waals surface area contributed by atoms with Gasteiger partial charge in [-0.05, 0) is 43.2 Å². The first-order valence-electron chi connectivity index (χ1n) is 5.91. The van der Waals surface area contributed by atoms with Crippen LogP contribution in [0.25, 0.3) is 0 Å². The van der Waals surface area contributed by atoms with Gasteiger partial charge in [-0.1, -0.05) is 28.4 Å². The Labute approximate surface area is 121 Å². The predicted molar refractivity (Wildman–Crippen MR) is 80.5 cm³/mol. The standard InChI is InChI=1S/C14H17BrO2S/c1-2-3-4-5-6-9-18-13-10-11(15)7-8-12(13)14(16)17/h2,7-8,10H,1,3-6,9H2,(H,16,17). The van der Waals surface area contributed by atoms with Gasteiger partial charge in [-0.3, -0.25) is 0 Å². The van der Waals surface area contributed by atoms with E-state index in [1.165, 1.54) is 0 Å². The Morgan fingerprint density at radius 1 is 1.39 bits per heavy atom. The molecule has 0 bridgehead atoms. The van der Waals surface area contributed by atoms with E-state index in [1.54, 1.807) is 23.9 Å². The highest BCUT2D eigenvalue weighted by Gasteiger charge is 2.10. The number of aromatic carboxylic acids is 1. The minimum absolute atomic E-state index is 0.384. The Bertz CT molecular complexity index is 418. The van der Waals surface area contributed by atoms with E-state index in [9.17, 15) is 4.79 Å². The molecule has 4 heteroatoms. The lowest BCUT2D eigenvalue weighted by Crippen LogP contribution is -1.99. The number of rotatable bonds is 8. The third kappa shape index (κ3) is 5.27. The summed E-state index contributed by atoms with van der Waals surface area (Å²) in [6, 6.07) is 5.28. The van der Waals surface area contributed by atoms with Crippen molar-refractivity contribution in [3.05, 3.63) is 40.9 Å². The fraction of sp³-hybridized carbons (Fsp3) is 0.357. The fourth-order valence-electron chi connectivity index (χ4n) is 1.54. The Hall–Kier alpha value is -0.740. The van der Waals surface area contributed by atoms with E-state index in [0.29, 0.717) is 5.56 Å². The van der Waals surface area contributed by atoms with E-state index in [-0.39, 0.29) is 0 Å². The number of hydrogen-bond donors (Lipinski definition) is 1. The van der Waals surface area contributed by atoms with Gasteiger partial charge in [0, 0.05) is 9.37 Å². The normalized spacial score (nSPS) is 10.3. The number of unbranched alkanes of at least 4 members (excludes halogenated alkanes) is 3. The molecule has 0 atom stereocenters. The van der Waals surface area contributed by atoms with Gasteiger partial charge in [0.15, 0.2) is 0 Å². The van der Waals surface area contributed by atoms with Crippen molar-refractivity contribution in [3.63, 3.8) is 0 Å². The summed E-state index contributed by atoms with van der Waals surface area (Å²) in [5.41, 5.74) is 0.384. The summed E-state index contributed by atoms with van der Waals surface area (Å²) in [4.78, 5) is 11.9. The third-order valence-corrected chi connectivity index (χ3v) is 4.12. The lowest BCUT2D eigenvalue weighted by Gasteiger charge is -2.06. The topological polar surface area (TPSA) is 37.3 Å². The lowest BCUT2D eigenvalue weighted by molar-refractivity contribution is 0.0693. The molecule has 1 N–H and O–H groups in total. The van der Waals surface area contributed by atoms with Crippen LogP contribution in [-0.4, -0.2) is 16.8 Å². The van der Waals surface area contributed by atoms with Crippen molar-refractivity contribution in [1.29, 1.82) is 0 Å². The molecular formula is C14H17BrO2S. The maximum Gasteiger partial charge on any atom is 0.336 e. The van der Waals surface area contributed by atoms with Crippen LogP contribution in [0.5, 0.6) is 0 Å². The zero-order valence-corrected chi connectivity index (χ0v) is 12.6. The van der Waals surface area contributed by atoms with Crippen LogP contribution < -0.4 is 0 Å². The molecule has 18 heavy (non-hydrogen) atoms. The van der Waals surface area contributed by atoms with Crippen LogP contribution in [-0.2, 0) is 0 Å².